The summed E-state index contributed by atoms with van der Waals surface area (Å²) < 4.78 is 18.9. The van der Waals surface area contributed by atoms with Gasteiger partial charge in [-0.25, -0.2) is 14.1 Å². The molecule has 0 spiro atoms. The molecule has 0 unspecified atom stereocenters. The van der Waals surface area contributed by atoms with Crippen LogP contribution in [-0.2, 0) is 16.2 Å². The van der Waals surface area contributed by atoms with Crippen LogP contribution in [0, 0.1) is 5.82 Å². The minimum absolute atomic E-state index is 0.0478. The summed E-state index contributed by atoms with van der Waals surface area (Å²) in [5.74, 6) is -3.02. The van der Waals surface area contributed by atoms with Crippen LogP contribution in [0.3, 0.4) is 0 Å². The van der Waals surface area contributed by atoms with Gasteiger partial charge in [0.05, 0.1) is 11.7 Å². The number of carbonyl (C=O) groups excluding carboxylic acids is 4. The summed E-state index contributed by atoms with van der Waals surface area (Å²) in [5, 5.41) is 13.1. The summed E-state index contributed by atoms with van der Waals surface area (Å²) in [4.78, 5) is 49.0. The van der Waals surface area contributed by atoms with Crippen LogP contribution in [0.25, 0.3) is 6.08 Å². The third-order valence-corrected chi connectivity index (χ3v) is 4.95. The molecule has 3 aromatic rings. The molecule has 4 rings (SSSR count). The largest absolute Gasteiger partial charge is 0.545 e. The van der Waals surface area contributed by atoms with Crippen molar-refractivity contribution in [2.75, 3.05) is 4.90 Å². The number of anilines is 1. The SMILES string of the molecule is O=C1NC(=O)N(c2ccc(F)cc2)C(=O)/C1=C/c1ccc(OCc2cccc(C(=O)[O-])c2)cc1. The van der Waals surface area contributed by atoms with Crippen molar-refractivity contribution in [1.29, 1.82) is 0 Å². The zero-order valence-corrected chi connectivity index (χ0v) is 17.5. The number of imide groups is 2. The highest BCUT2D eigenvalue weighted by molar-refractivity contribution is 6.39. The second-order valence-corrected chi connectivity index (χ2v) is 7.28. The third-order valence-electron chi connectivity index (χ3n) is 4.95. The van der Waals surface area contributed by atoms with Crippen LogP contribution in [0.2, 0.25) is 0 Å². The first-order chi connectivity index (χ1) is 16.3. The number of carboxylic acid groups (broad SMARTS) is 1. The number of carboxylic acids is 1. The summed E-state index contributed by atoms with van der Waals surface area (Å²) >= 11 is 0. The summed E-state index contributed by atoms with van der Waals surface area (Å²) in [7, 11) is 0. The lowest BCUT2D eigenvalue weighted by Gasteiger charge is -2.26. The molecule has 0 saturated carbocycles. The van der Waals surface area contributed by atoms with Crippen LogP contribution in [0.15, 0.2) is 78.4 Å². The molecule has 0 aliphatic carbocycles. The normalized spacial score (nSPS) is 14.8. The fraction of sp³-hybridized carbons (Fsp3) is 0.0400. The number of carbonyl (C=O) groups is 4. The molecule has 0 atom stereocenters. The van der Waals surface area contributed by atoms with Gasteiger partial charge >= 0.3 is 6.03 Å². The number of ether oxygens (including phenoxy) is 1. The number of aromatic carboxylic acids is 1. The van der Waals surface area contributed by atoms with Gasteiger partial charge in [-0.3, -0.25) is 14.9 Å². The van der Waals surface area contributed by atoms with Gasteiger partial charge in [0.2, 0.25) is 0 Å². The topological polar surface area (TPSA) is 116 Å². The first-order valence-corrected chi connectivity index (χ1v) is 10.0. The predicted octanol–water partition coefficient (Wildman–Crippen LogP) is 2.43. The number of benzene rings is 3. The quantitative estimate of drug-likeness (QED) is 0.447. The van der Waals surface area contributed by atoms with Gasteiger partial charge < -0.3 is 14.6 Å². The van der Waals surface area contributed by atoms with Gasteiger partial charge in [-0.15, -0.1) is 0 Å². The molecule has 0 aromatic heterocycles. The van der Waals surface area contributed by atoms with Gasteiger partial charge in [0.15, 0.2) is 0 Å². The fourth-order valence-corrected chi connectivity index (χ4v) is 3.26. The average molecular weight is 459 g/mol. The molecule has 4 amide bonds. The van der Waals surface area contributed by atoms with E-state index in [4.69, 9.17) is 4.74 Å². The van der Waals surface area contributed by atoms with Crippen molar-refractivity contribution in [3.63, 3.8) is 0 Å². The molecule has 8 nitrogen and oxygen atoms in total. The van der Waals surface area contributed by atoms with Crippen LogP contribution < -0.4 is 20.1 Å². The summed E-state index contributed by atoms with van der Waals surface area (Å²) in [6.07, 6.45) is 1.33. The van der Waals surface area contributed by atoms with Gasteiger partial charge in [-0.1, -0.05) is 30.3 Å². The van der Waals surface area contributed by atoms with Crippen molar-refractivity contribution in [3.8, 4) is 5.75 Å². The third kappa shape index (κ3) is 4.83. The number of hydrogen-bond donors (Lipinski definition) is 1. The molecule has 1 aliphatic heterocycles. The number of rotatable bonds is 6. The first kappa shape index (κ1) is 22.4. The molecule has 0 radical (unpaired) electrons. The van der Waals surface area contributed by atoms with Crippen LogP contribution in [0.1, 0.15) is 21.5 Å². The average Bonchev–Trinajstić information content (AvgIpc) is 2.82. The Bertz CT molecular complexity index is 1320. The molecule has 1 aliphatic rings. The lowest BCUT2D eigenvalue weighted by molar-refractivity contribution is -0.255. The van der Waals surface area contributed by atoms with Crippen molar-refractivity contribution in [2.45, 2.75) is 6.61 Å². The van der Waals surface area contributed by atoms with Crippen molar-refractivity contribution >= 4 is 35.6 Å². The number of hydrogen-bond acceptors (Lipinski definition) is 6. The van der Waals surface area contributed by atoms with Gasteiger partial charge in [0, 0.05) is 0 Å². The molecular formula is C25H16FN2O6-. The Morgan fingerprint density at radius 1 is 1.00 bits per heavy atom. The number of nitrogens with one attached hydrogen (secondary N) is 1. The molecule has 1 heterocycles. The van der Waals surface area contributed by atoms with E-state index in [0.717, 1.165) is 17.0 Å². The molecule has 170 valence electrons. The van der Waals surface area contributed by atoms with Gasteiger partial charge in [-0.05, 0) is 65.2 Å². The van der Waals surface area contributed by atoms with E-state index < -0.39 is 29.6 Å². The highest BCUT2D eigenvalue weighted by Crippen LogP contribution is 2.23. The summed E-state index contributed by atoms with van der Waals surface area (Å²) in [6, 6.07) is 16.4. The van der Waals surface area contributed by atoms with Crippen molar-refractivity contribution in [3.05, 3.63) is 101 Å². The van der Waals surface area contributed by atoms with Crippen molar-refractivity contribution in [1.82, 2.24) is 5.32 Å². The van der Waals surface area contributed by atoms with Gasteiger partial charge in [0.25, 0.3) is 11.8 Å². The van der Waals surface area contributed by atoms with E-state index in [-0.39, 0.29) is 23.4 Å². The molecule has 3 aromatic carbocycles. The Hall–Kier alpha value is -4.79. The number of halogens is 1. The molecule has 1 N–H and O–H groups in total. The van der Waals surface area contributed by atoms with Gasteiger partial charge in [-0.2, -0.15) is 0 Å². The highest BCUT2D eigenvalue weighted by Gasteiger charge is 2.36. The zero-order valence-electron chi connectivity index (χ0n) is 17.5. The molecule has 34 heavy (non-hydrogen) atoms. The summed E-state index contributed by atoms with van der Waals surface area (Å²) in [6.45, 7) is 0.122. The van der Waals surface area contributed by atoms with E-state index in [0.29, 0.717) is 16.9 Å². The maximum Gasteiger partial charge on any atom is 0.335 e. The van der Waals surface area contributed by atoms with E-state index >= 15 is 0 Å². The van der Waals surface area contributed by atoms with E-state index in [1.165, 1.54) is 30.3 Å². The van der Waals surface area contributed by atoms with Crippen molar-refractivity contribution < 1.29 is 33.4 Å². The molecule has 1 fully saturated rings. The number of amides is 4. The van der Waals surface area contributed by atoms with Crippen LogP contribution in [-0.4, -0.2) is 23.8 Å². The van der Waals surface area contributed by atoms with Crippen molar-refractivity contribution in [2.24, 2.45) is 0 Å². The lowest BCUT2D eigenvalue weighted by Crippen LogP contribution is -2.54. The second-order valence-electron chi connectivity index (χ2n) is 7.28. The molecule has 0 bridgehead atoms. The van der Waals surface area contributed by atoms with Crippen LogP contribution in [0.5, 0.6) is 5.75 Å². The number of barbiturate groups is 1. The summed E-state index contributed by atoms with van der Waals surface area (Å²) in [5.41, 5.74) is 1.04. The Labute approximate surface area is 192 Å². The monoisotopic (exact) mass is 459 g/mol. The standard InChI is InChI=1S/C25H17FN2O6/c26-18-6-8-19(9-7-18)28-23(30)21(22(29)27-25(28)33)13-15-4-10-20(11-5-15)34-14-16-2-1-3-17(12-16)24(31)32/h1-13H,14H2,(H,31,32)(H,27,29,33)/p-1/b21-13+. The molecule has 1 saturated heterocycles. The van der Waals surface area contributed by atoms with Gasteiger partial charge in [0.1, 0.15) is 23.7 Å². The van der Waals surface area contributed by atoms with E-state index in [9.17, 15) is 28.7 Å². The van der Waals surface area contributed by atoms with E-state index in [1.54, 1.807) is 36.4 Å². The zero-order chi connectivity index (χ0) is 24.2. The highest BCUT2D eigenvalue weighted by atomic mass is 19.1. The number of urea groups is 1. The number of nitrogens with zero attached hydrogens (tertiary/aromatic N) is 1. The fourth-order valence-electron chi connectivity index (χ4n) is 3.26. The van der Waals surface area contributed by atoms with Crippen LogP contribution >= 0.6 is 0 Å². The second kappa shape index (κ2) is 9.37. The lowest BCUT2D eigenvalue weighted by atomic mass is 10.1. The Balaban J connectivity index is 1.49. The Morgan fingerprint density at radius 2 is 1.71 bits per heavy atom. The van der Waals surface area contributed by atoms with E-state index in [2.05, 4.69) is 5.32 Å². The van der Waals surface area contributed by atoms with Crippen LogP contribution in [0.4, 0.5) is 14.9 Å². The van der Waals surface area contributed by atoms with E-state index in [1.807, 2.05) is 0 Å². The molecular weight excluding hydrogens is 443 g/mol. The first-order valence-electron chi connectivity index (χ1n) is 10.0. The minimum Gasteiger partial charge on any atom is -0.545 e. The predicted molar refractivity (Wildman–Crippen MR) is 117 cm³/mol. The maximum atomic E-state index is 13.2. The Kier molecular flexibility index (Phi) is 6.18. The smallest absolute Gasteiger partial charge is 0.335 e. The molecule has 9 heteroatoms. The minimum atomic E-state index is -1.28. The Morgan fingerprint density at radius 3 is 2.38 bits per heavy atom. The maximum absolute atomic E-state index is 13.2.